The van der Waals surface area contributed by atoms with Crippen LogP contribution in [-0.4, -0.2) is 24.5 Å². The molecular formula is C11H18N6. The maximum atomic E-state index is 4.17. The molecule has 0 aliphatic rings. The molecular weight excluding hydrogens is 216 g/mol. The molecule has 0 saturated carbocycles. The number of hydrogen-bond donors (Lipinski definition) is 1. The number of rotatable bonds is 4. The fourth-order valence-corrected chi connectivity index (χ4v) is 2.03. The van der Waals surface area contributed by atoms with E-state index in [4.69, 9.17) is 0 Å². The number of nitrogens with zero attached hydrogens (tertiary/aromatic N) is 5. The van der Waals surface area contributed by atoms with E-state index in [1.807, 2.05) is 29.4 Å². The maximum absolute atomic E-state index is 4.17. The van der Waals surface area contributed by atoms with Crippen LogP contribution in [0.3, 0.4) is 0 Å². The second-order valence-corrected chi connectivity index (χ2v) is 4.29. The molecule has 0 bridgehead atoms. The van der Waals surface area contributed by atoms with Crippen LogP contribution < -0.4 is 5.32 Å². The molecule has 0 saturated heterocycles. The molecule has 0 aromatic carbocycles. The predicted molar refractivity (Wildman–Crippen MR) is 64.2 cm³/mol. The summed E-state index contributed by atoms with van der Waals surface area (Å²) < 4.78 is 3.80. The Morgan fingerprint density at radius 1 is 1.24 bits per heavy atom. The van der Waals surface area contributed by atoms with Crippen LogP contribution in [0.5, 0.6) is 0 Å². The van der Waals surface area contributed by atoms with Crippen LogP contribution in [0.2, 0.25) is 0 Å². The van der Waals surface area contributed by atoms with E-state index >= 15 is 0 Å². The Labute approximate surface area is 101 Å². The topological polar surface area (TPSA) is 60.6 Å². The third kappa shape index (κ3) is 2.36. The van der Waals surface area contributed by atoms with Gasteiger partial charge in [-0.3, -0.25) is 10.00 Å². The molecule has 17 heavy (non-hydrogen) atoms. The highest BCUT2D eigenvalue weighted by atomic mass is 15.3. The molecule has 0 aliphatic carbocycles. The molecule has 2 heterocycles. The van der Waals surface area contributed by atoms with Crippen LogP contribution in [0.4, 0.5) is 0 Å². The van der Waals surface area contributed by atoms with E-state index in [9.17, 15) is 0 Å². The summed E-state index contributed by atoms with van der Waals surface area (Å²) in [5.41, 5.74) is 1.15. The Hall–Kier alpha value is -1.69. The van der Waals surface area contributed by atoms with Crippen molar-refractivity contribution in [2.75, 3.05) is 0 Å². The van der Waals surface area contributed by atoms with Gasteiger partial charge in [0.1, 0.15) is 12.2 Å². The van der Waals surface area contributed by atoms with Gasteiger partial charge in [-0.05, 0) is 19.9 Å². The highest BCUT2D eigenvalue weighted by Gasteiger charge is 2.16. The molecule has 6 nitrogen and oxygen atoms in total. The fraction of sp³-hybridized carbons (Fsp3) is 0.545. The third-order valence-corrected chi connectivity index (χ3v) is 2.94. The first-order valence-electron chi connectivity index (χ1n) is 5.67. The van der Waals surface area contributed by atoms with Gasteiger partial charge in [0, 0.05) is 26.3 Å². The molecule has 1 N–H and O–H groups in total. The molecule has 0 spiro atoms. The van der Waals surface area contributed by atoms with E-state index in [1.54, 1.807) is 12.5 Å². The first kappa shape index (κ1) is 11.8. The smallest absolute Gasteiger partial charge is 0.149 e. The molecule has 2 atom stereocenters. The lowest BCUT2D eigenvalue weighted by Crippen LogP contribution is -2.26. The van der Waals surface area contributed by atoms with Crippen LogP contribution in [0, 0.1) is 0 Å². The van der Waals surface area contributed by atoms with Crippen LogP contribution in [0.25, 0.3) is 0 Å². The van der Waals surface area contributed by atoms with Crippen molar-refractivity contribution in [2.45, 2.75) is 25.9 Å². The third-order valence-electron chi connectivity index (χ3n) is 2.94. The molecule has 92 valence electrons. The van der Waals surface area contributed by atoms with Crippen molar-refractivity contribution >= 4 is 0 Å². The molecule has 2 aromatic rings. The average molecular weight is 234 g/mol. The largest absolute Gasteiger partial charge is 0.319 e. The highest BCUT2D eigenvalue weighted by molar-refractivity contribution is 5.06. The standard InChI is InChI=1S/C11H18N6/c1-8(10-5-6-13-17(10)4)14-9(2)11-15-12-7-16(11)3/h5-9,14H,1-4H3. The van der Waals surface area contributed by atoms with Crippen molar-refractivity contribution in [1.29, 1.82) is 0 Å². The summed E-state index contributed by atoms with van der Waals surface area (Å²) in [5.74, 6) is 0.930. The Morgan fingerprint density at radius 3 is 2.53 bits per heavy atom. The van der Waals surface area contributed by atoms with Gasteiger partial charge >= 0.3 is 0 Å². The fourth-order valence-electron chi connectivity index (χ4n) is 2.03. The zero-order valence-corrected chi connectivity index (χ0v) is 10.6. The Morgan fingerprint density at radius 2 is 2.00 bits per heavy atom. The summed E-state index contributed by atoms with van der Waals surface area (Å²) in [6.07, 6.45) is 3.52. The molecule has 6 heteroatoms. The molecule has 0 fully saturated rings. The number of nitrogens with one attached hydrogen (secondary N) is 1. The summed E-state index contributed by atoms with van der Waals surface area (Å²) >= 11 is 0. The van der Waals surface area contributed by atoms with Crippen LogP contribution in [0.1, 0.15) is 37.4 Å². The molecule has 0 aliphatic heterocycles. The normalized spacial score (nSPS) is 14.8. The molecule has 2 rings (SSSR count). The maximum Gasteiger partial charge on any atom is 0.149 e. The lowest BCUT2D eigenvalue weighted by molar-refractivity contribution is 0.446. The van der Waals surface area contributed by atoms with E-state index in [0.717, 1.165) is 11.5 Å². The first-order chi connectivity index (χ1) is 8.09. The van der Waals surface area contributed by atoms with Gasteiger partial charge in [0.25, 0.3) is 0 Å². The van der Waals surface area contributed by atoms with Crippen molar-refractivity contribution in [3.05, 3.63) is 30.1 Å². The Balaban J connectivity index is 2.07. The van der Waals surface area contributed by atoms with Crippen molar-refractivity contribution in [1.82, 2.24) is 29.9 Å². The summed E-state index contributed by atoms with van der Waals surface area (Å²) in [5, 5.41) is 15.6. The van der Waals surface area contributed by atoms with Crippen molar-refractivity contribution in [2.24, 2.45) is 14.1 Å². The molecule has 0 amide bonds. The minimum absolute atomic E-state index is 0.146. The second kappa shape index (κ2) is 4.67. The summed E-state index contributed by atoms with van der Waals surface area (Å²) in [4.78, 5) is 0. The lowest BCUT2D eigenvalue weighted by Gasteiger charge is -2.19. The lowest BCUT2D eigenvalue weighted by atomic mass is 10.2. The van der Waals surface area contributed by atoms with Crippen molar-refractivity contribution in [3.8, 4) is 0 Å². The minimum Gasteiger partial charge on any atom is -0.319 e. The van der Waals surface area contributed by atoms with Gasteiger partial charge in [0.05, 0.1) is 11.7 Å². The van der Waals surface area contributed by atoms with Crippen LogP contribution in [0.15, 0.2) is 18.6 Å². The Bertz CT molecular complexity index is 441. The zero-order valence-electron chi connectivity index (χ0n) is 10.6. The summed E-state index contributed by atoms with van der Waals surface area (Å²) in [7, 11) is 3.89. The summed E-state index contributed by atoms with van der Waals surface area (Å²) in [6.45, 7) is 4.20. The molecule has 2 aromatic heterocycles. The van der Waals surface area contributed by atoms with Crippen molar-refractivity contribution in [3.63, 3.8) is 0 Å². The quantitative estimate of drug-likeness (QED) is 0.856. The molecule has 2 unspecified atom stereocenters. The van der Waals surface area contributed by atoms with Crippen molar-refractivity contribution < 1.29 is 0 Å². The number of aryl methyl sites for hydroxylation is 2. The van der Waals surface area contributed by atoms with Gasteiger partial charge in [-0.1, -0.05) is 0 Å². The van der Waals surface area contributed by atoms with Crippen LogP contribution >= 0.6 is 0 Å². The van der Waals surface area contributed by atoms with E-state index in [-0.39, 0.29) is 12.1 Å². The van der Waals surface area contributed by atoms with E-state index < -0.39 is 0 Å². The van der Waals surface area contributed by atoms with E-state index in [2.05, 4.69) is 34.5 Å². The Kier molecular flexibility index (Phi) is 3.23. The van der Waals surface area contributed by atoms with Gasteiger partial charge in [0.15, 0.2) is 0 Å². The van der Waals surface area contributed by atoms with Gasteiger partial charge < -0.3 is 4.57 Å². The van der Waals surface area contributed by atoms with Crippen LogP contribution in [-0.2, 0) is 14.1 Å². The van der Waals surface area contributed by atoms with E-state index in [1.165, 1.54) is 0 Å². The van der Waals surface area contributed by atoms with Gasteiger partial charge in [-0.25, -0.2) is 0 Å². The molecule has 0 radical (unpaired) electrons. The van der Waals surface area contributed by atoms with Gasteiger partial charge in [-0.15, -0.1) is 10.2 Å². The average Bonchev–Trinajstić information content (AvgIpc) is 2.86. The summed E-state index contributed by atoms with van der Waals surface area (Å²) in [6, 6.07) is 2.38. The van der Waals surface area contributed by atoms with E-state index in [0.29, 0.717) is 0 Å². The monoisotopic (exact) mass is 234 g/mol. The highest BCUT2D eigenvalue weighted by Crippen LogP contribution is 2.16. The zero-order chi connectivity index (χ0) is 12.4. The first-order valence-corrected chi connectivity index (χ1v) is 5.67. The minimum atomic E-state index is 0.146. The van der Waals surface area contributed by atoms with Gasteiger partial charge in [0.2, 0.25) is 0 Å². The van der Waals surface area contributed by atoms with Gasteiger partial charge in [-0.2, -0.15) is 5.10 Å². The number of aromatic nitrogens is 5. The number of hydrogen-bond acceptors (Lipinski definition) is 4. The SMILES string of the molecule is CC(NC(C)c1ccnn1C)c1nncn1C. The second-order valence-electron chi connectivity index (χ2n) is 4.29. The predicted octanol–water partition coefficient (Wildman–Crippen LogP) is 0.960.